The number of amides is 1. The van der Waals surface area contributed by atoms with E-state index in [9.17, 15) is 9.59 Å². The Labute approximate surface area is 125 Å². The molecule has 0 fully saturated rings. The molecule has 20 heavy (non-hydrogen) atoms. The molecular formula is C15H25NO3S. The second kappa shape index (κ2) is 12.9. The van der Waals surface area contributed by atoms with Gasteiger partial charge in [0, 0.05) is 38.0 Å². The summed E-state index contributed by atoms with van der Waals surface area (Å²) < 4.78 is 0. The van der Waals surface area contributed by atoms with Gasteiger partial charge in [0.2, 0.25) is 5.91 Å². The second-order valence-electron chi connectivity index (χ2n) is 4.41. The van der Waals surface area contributed by atoms with E-state index in [4.69, 9.17) is 5.11 Å². The minimum atomic E-state index is -0.0200. The summed E-state index contributed by atoms with van der Waals surface area (Å²) in [5.74, 6) is 1.74. The van der Waals surface area contributed by atoms with Gasteiger partial charge in [-0.2, -0.15) is 11.8 Å². The number of nitrogens with one attached hydrogen (secondary N) is 1. The van der Waals surface area contributed by atoms with Gasteiger partial charge < -0.3 is 10.4 Å². The summed E-state index contributed by atoms with van der Waals surface area (Å²) in [6.45, 7) is 4.16. The Hall–Kier alpha value is -1.07. The van der Waals surface area contributed by atoms with Crippen LogP contribution >= 0.6 is 11.8 Å². The topological polar surface area (TPSA) is 66.4 Å². The van der Waals surface area contributed by atoms with Crippen LogP contribution in [-0.2, 0) is 9.59 Å². The summed E-state index contributed by atoms with van der Waals surface area (Å²) in [7, 11) is 0. The summed E-state index contributed by atoms with van der Waals surface area (Å²) in [5.41, 5.74) is 0.757. The highest BCUT2D eigenvalue weighted by atomic mass is 32.2. The molecule has 0 bridgehead atoms. The highest BCUT2D eigenvalue weighted by molar-refractivity contribution is 7.99. The van der Waals surface area contributed by atoms with Crippen molar-refractivity contribution >= 4 is 23.5 Å². The highest BCUT2D eigenvalue weighted by Gasteiger charge is 2.03. The number of Topliss-reactive ketones (excluding diaryl/α,β-unsaturated/α-hetero) is 1. The van der Waals surface area contributed by atoms with Gasteiger partial charge in [-0.05, 0) is 25.3 Å². The molecule has 0 spiro atoms. The van der Waals surface area contributed by atoms with Crippen molar-refractivity contribution in [2.24, 2.45) is 0 Å². The minimum absolute atomic E-state index is 0.0200. The number of aliphatic hydroxyl groups excluding tert-OH is 1. The first-order valence-corrected chi connectivity index (χ1v) is 8.03. The lowest BCUT2D eigenvalue weighted by Crippen LogP contribution is -2.22. The van der Waals surface area contributed by atoms with Crippen LogP contribution in [0.2, 0.25) is 0 Å². The van der Waals surface area contributed by atoms with E-state index in [2.05, 4.69) is 5.32 Å². The maximum atomic E-state index is 11.8. The Kier molecular flexibility index (Phi) is 12.2. The second-order valence-corrected chi connectivity index (χ2v) is 5.64. The van der Waals surface area contributed by atoms with Crippen LogP contribution in [0.25, 0.3) is 0 Å². The lowest BCUT2D eigenvalue weighted by Gasteiger charge is -2.02. The van der Waals surface area contributed by atoms with Gasteiger partial charge in [-0.25, -0.2) is 0 Å². The van der Waals surface area contributed by atoms with E-state index in [1.54, 1.807) is 11.8 Å². The van der Waals surface area contributed by atoms with Crippen molar-refractivity contribution in [1.82, 2.24) is 5.32 Å². The number of thioether (sulfide) groups is 1. The van der Waals surface area contributed by atoms with Crippen molar-refractivity contribution < 1.29 is 14.7 Å². The Morgan fingerprint density at radius 3 is 2.65 bits per heavy atom. The van der Waals surface area contributed by atoms with Crippen LogP contribution in [0.3, 0.4) is 0 Å². The molecule has 0 saturated heterocycles. The van der Waals surface area contributed by atoms with Gasteiger partial charge >= 0.3 is 0 Å². The molecule has 4 nitrogen and oxygen atoms in total. The van der Waals surface area contributed by atoms with Gasteiger partial charge in [0.1, 0.15) is 0 Å². The van der Waals surface area contributed by atoms with E-state index in [-0.39, 0.29) is 18.3 Å². The van der Waals surface area contributed by atoms with E-state index in [1.165, 1.54) is 6.92 Å². The molecule has 114 valence electrons. The number of unbranched alkanes of at least 4 members (excludes halogenated alkanes) is 1. The number of carbonyl (C=O) groups excluding carboxylic acids is 2. The summed E-state index contributed by atoms with van der Waals surface area (Å²) >= 11 is 1.67. The smallest absolute Gasteiger partial charge is 0.216 e. The van der Waals surface area contributed by atoms with Gasteiger partial charge in [0.25, 0.3) is 0 Å². The van der Waals surface area contributed by atoms with E-state index in [0.29, 0.717) is 13.0 Å². The van der Waals surface area contributed by atoms with Crippen molar-refractivity contribution in [3.63, 3.8) is 0 Å². The largest absolute Gasteiger partial charge is 0.396 e. The molecule has 1 amide bonds. The Morgan fingerprint density at radius 2 is 2.00 bits per heavy atom. The minimum Gasteiger partial charge on any atom is -0.396 e. The van der Waals surface area contributed by atoms with Crippen LogP contribution < -0.4 is 5.32 Å². The number of rotatable bonds is 11. The third-order valence-corrected chi connectivity index (χ3v) is 3.53. The molecule has 0 aromatic heterocycles. The van der Waals surface area contributed by atoms with Crippen molar-refractivity contribution in [2.75, 3.05) is 24.7 Å². The fourth-order valence-electron chi connectivity index (χ4n) is 1.37. The molecule has 0 rings (SSSR count). The molecular weight excluding hydrogens is 274 g/mol. The molecule has 0 aromatic rings. The van der Waals surface area contributed by atoms with E-state index in [0.717, 1.165) is 29.9 Å². The quantitative estimate of drug-likeness (QED) is 0.348. The predicted octanol–water partition coefficient (Wildman–Crippen LogP) is 2.09. The van der Waals surface area contributed by atoms with Crippen molar-refractivity contribution in [2.45, 2.75) is 33.1 Å². The van der Waals surface area contributed by atoms with Gasteiger partial charge in [-0.1, -0.05) is 18.2 Å². The van der Waals surface area contributed by atoms with E-state index in [1.807, 2.05) is 25.2 Å². The van der Waals surface area contributed by atoms with Gasteiger partial charge in [0.05, 0.1) is 0 Å². The third-order valence-electron chi connectivity index (χ3n) is 2.54. The third kappa shape index (κ3) is 12.0. The van der Waals surface area contributed by atoms with Crippen LogP contribution in [0.1, 0.15) is 33.1 Å². The first-order chi connectivity index (χ1) is 9.57. The molecule has 0 aliphatic rings. The molecule has 0 unspecified atom stereocenters. The summed E-state index contributed by atoms with van der Waals surface area (Å²) in [5, 5.41) is 11.3. The average Bonchev–Trinajstić information content (AvgIpc) is 2.41. The van der Waals surface area contributed by atoms with E-state index >= 15 is 0 Å². The Morgan fingerprint density at radius 1 is 1.25 bits per heavy atom. The van der Waals surface area contributed by atoms with Crippen LogP contribution in [0.4, 0.5) is 0 Å². The molecule has 0 saturated carbocycles. The molecule has 0 aliphatic carbocycles. The van der Waals surface area contributed by atoms with Crippen LogP contribution in [-0.4, -0.2) is 41.5 Å². The highest BCUT2D eigenvalue weighted by Crippen LogP contribution is 2.06. The molecule has 5 heteroatoms. The van der Waals surface area contributed by atoms with Crippen molar-refractivity contribution in [3.8, 4) is 0 Å². The molecule has 0 aromatic carbocycles. The maximum absolute atomic E-state index is 11.8. The predicted molar refractivity (Wildman–Crippen MR) is 84.8 cm³/mol. The summed E-state index contributed by atoms with van der Waals surface area (Å²) in [6, 6.07) is 0. The molecule has 0 aliphatic heterocycles. The lowest BCUT2D eigenvalue weighted by atomic mass is 10.1. The average molecular weight is 299 g/mol. The molecule has 0 radical (unpaired) electrons. The van der Waals surface area contributed by atoms with Crippen LogP contribution in [0.15, 0.2) is 23.8 Å². The van der Waals surface area contributed by atoms with Gasteiger partial charge in [-0.3, -0.25) is 9.59 Å². The number of hydrogen-bond donors (Lipinski definition) is 2. The standard InChI is InChI=1S/C15H25NO3S/c1-13(7-5-3-4-6-10-17)15(19)8-11-20-12-9-16-14(2)18/h3,5,7,17H,4,6,8-12H2,1-2H3,(H,16,18). The van der Waals surface area contributed by atoms with Crippen molar-refractivity contribution in [1.29, 1.82) is 0 Å². The zero-order valence-electron chi connectivity index (χ0n) is 12.4. The number of allylic oxidation sites excluding steroid dienone is 4. The number of hydrogen-bond acceptors (Lipinski definition) is 4. The Bertz CT molecular complexity index is 351. The maximum Gasteiger partial charge on any atom is 0.216 e. The molecule has 0 heterocycles. The molecule has 0 atom stereocenters. The Balaban J connectivity index is 3.71. The number of carbonyl (C=O) groups is 2. The van der Waals surface area contributed by atoms with Crippen molar-refractivity contribution in [3.05, 3.63) is 23.8 Å². The fraction of sp³-hybridized carbons (Fsp3) is 0.600. The van der Waals surface area contributed by atoms with Gasteiger partial charge in [0.15, 0.2) is 5.78 Å². The normalized spacial score (nSPS) is 11.8. The zero-order valence-corrected chi connectivity index (χ0v) is 13.2. The first kappa shape index (κ1) is 18.9. The fourth-order valence-corrected chi connectivity index (χ4v) is 2.15. The first-order valence-electron chi connectivity index (χ1n) is 6.87. The number of ketones is 1. The number of aliphatic hydroxyl groups is 1. The zero-order chi connectivity index (χ0) is 15.2. The lowest BCUT2D eigenvalue weighted by molar-refractivity contribution is -0.119. The summed E-state index contributed by atoms with van der Waals surface area (Å²) in [6.07, 6.45) is 7.75. The molecule has 2 N–H and O–H groups in total. The monoisotopic (exact) mass is 299 g/mol. The van der Waals surface area contributed by atoms with E-state index < -0.39 is 0 Å². The summed E-state index contributed by atoms with van der Waals surface area (Å²) in [4.78, 5) is 22.4. The van der Waals surface area contributed by atoms with Gasteiger partial charge in [-0.15, -0.1) is 0 Å². The van der Waals surface area contributed by atoms with Crippen LogP contribution in [0, 0.1) is 0 Å². The van der Waals surface area contributed by atoms with Crippen LogP contribution in [0.5, 0.6) is 0 Å². The SMILES string of the molecule is CC(=O)NCCSCCC(=O)C(C)=CC=CCCCO.